The molecule has 1 aromatic heterocycles. The van der Waals surface area contributed by atoms with E-state index in [-0.39, 0.29) is 0 Å². The van der Waals surface area contributed by atoms with Gasteiger partial charge < -0.3 is 14.2 Å². The molecule has 4 nitrogen and oxygen atoms in total. The molecule has 0 unspecified atom stereocenters. The van der Waals surface area contributed by atoms with Gasteiger partial charge >= 0.3 is 0 Å². The first-order chi connectivity index (χ1) is 15.1. The average molecular weight is 417 g/mol. The Balaban J connectivity index is 1.93. The molecular weight excluding hydrogens is 386 g/mol. The van der Waals surface area contributed by atoms with Crippen molar-refractivity contribution in [1.29, 1.82) is 0 Å². The summed E-state index contributed by atoms with van der Waals surface area (Å²) in [6, 6.07) is 18.4. The van der Waals surface area contributed by atoms with Gasteiger partial charge in [0.05, 0.1) is 21.3 Å². The van der Waals surface area contributed by atoms with Crippen LogP contribution < -0.4 is 18.8 Å². The fraction of sp³-hybridized carbons (Fsp3) is 0.222. The minimum Gasteiger partial charge on any atom is -0.497 e. The van der Waals surface area contributed by atoms with E-state index in [9.17, 15) is 0 Å². The molecule has 160 valence electrons. The highest BCUT2D eigenvalue weighted by Crippen LogP contribution is 2.26. The molecular formula is C27H30NO3+. The molecule has 0 aliphatic rings. The normalized spacial score (nSPS) is 11.3. The van der Waals surface area contributed by atoms with Gasteiger partial charge in [0, 0.05) is 41.5 Å². The van der Waals surface area contributed by atoms with E-state index in [1.807, 2.05) is 18.2 Å². The minimum atomic E-state index is 0.774. The van der Waals surface area contributed by atoms with E-state index >= 15 is 0 Å². The second-order valence-corrected chi connectivity index (χ2v) is 7.14. The van der Waals surface area contributed by atoms with Gasteiger partial charge in [0.25, 0.3) is 0 Å². The molecule has 0 atom stereocenters. The van der Waals surface area contributed by atoms with Crippen molar-refractivity contribution in [1.82, 2.24) is 0 Å². The van der Waals surface area contributed by atoms with Gasteiger partial charge in [-0.25, -0.2) is 0 Å². The van der Waals surface area contributed by atoms with Gasteiger partial charge in [-0.3, -0.25) is 0 Å². The van der Waals surface area contributed by atoms with Crippen LogP contribution in [0.2, 0.25) is 0 Å². The summed E-state index contributed by atoms with van der Waals surface area (Å²) in [6.07, 6.45) is 8.40. The van der Waals surface area contributed by atoms with Crippen LogP contribution in [0.5, 0.6) is 17.2 Å². The lowest BCUT2D eigenvalue weighted by molar-refractivity contribution is -0.696. The van der Waals surface area contributed by atoms with Gasteiger partial charge in [0.2, 0.25) is 11.4 Å². The van der Waals surface area contributed by atoms with Crippen LogP contribution in [0.15, 0.2) is 54.6 Å². The van der Waals surface area contributed by atoms with Gasteiger partial charge in [-0.1, -0.05) is 12.1 Å². The summed E-state index contributed by atoms with van der Waals surface area (Å²) in [5.74, 6) is 2.43. The van der Waals surface area contributed by atoms with Crippen molar-refractivity contribution in [2.75, 3.05) is 21.3 Å². The maximum Gasteiger partial charge on any atom is 0.205 e. The molecule has 0 amide bonds. The Morgan fingerprint density at radius 2 is 1.29 bits per heavy atom. The number of nitrogens with zero attached hydrogens (tertiary/aromatic N) is 1. The quantitative estimate of drug-likeness (QED) is 0.444. The Kier molecular flexibility index (Phi) is 7.50. The zero-order chi connectivity index (χ0) is 22.2. The first-order valence-electron chi connectivity index (χ1n) is 10.3. The second-order valence-electron chi connectivity index (χ2n) is 7.14. The van der Waals surface area contributed by atoms with Gasteiger partial charge in [0.15, 0.2) is 0 Å². The highest BCUT2D eigenvalue weighted by atomic mass is 16.5. The molecule has 0 saturated heterocycles. The topological polar surface area (TPSA) is 31.6 Å². The number of benzene rings is 2. The van der Waals surface area contributed by atoms with Crippen molar-refractivity contribution < 1.29 is 18.8 Å². The highest BCUT2D eigenvalue weighted by molar-refractivity contribution is 5.73. The predicted octanol–water partition coefficient (Wildman–Crippen LogP) is 5.67. The average Bonchev–Trinajstić information content (AvgIpc) is 2.81. The van der Waals surface area contributed by atoms with Gasteiger partial charge in [-0.15, -0.1) is 0 Å². The number of pyridine rings is 1. The molecule has 0 saturated carbocycles. The zero-order valence-corrected chi connectivity index (χ0v) is 18.9. The summed E-state index contributed by atoms with van der Waals surface area (Å²) >= 11 is 0. The Hall–Kier alpha value is -3.53. The van der Waals surface area contributed by atoms with Crippen molar-refractivity contribution in [2.24, 2.45) is 0 Å². The van der Waals surface area contributed by atoms with Crippen LogP contribution in [0.4, 0.5) is 0 Å². The monoisotopic (exact) mass is 416 g/mol. The van der Waals surface area contributed by atoms with Gasteiger partial charge in [-0.05, 0) is 55.8 Å². The number of rotatable bonds is 8. The number of hydrogen-bond acceptors (Lipinski definition) is 3. The third kappa shape index (κ3) is 5.34. The van der Waals surface area contributed by atoms with E-state index in [0.717, 1.165) is 46.3 Å². The molecule has 0 fully saturated rings. The van der Waals surface area contributed by atoms with E-state index in [1.165, 1.54) is 5.56 Å². The van der Waals surface area contributed by atoms with Crippen LogP contribution in [0.25, 0.3) is 24.3 Å². The standard InChI is InChI=1S/C27H30NO3/c1-6-28-23(15-12-21-11-10-20(2)18-26(21)30-4)8-7-9-24(28)16-13-22-14-17-25(29-3)19-27(22)31-5/h7-19H,6H2,1-5H3/q+1/b15-12+,16-13+. The summed E-state index contributed by atoms with van der Waals surface area (Å²) in [4.78, 5) is 0. The summed E-state index contributed by atoms with van der Waals surface area (Å²) < 4.78 is 18.6. The van der Waals surface area contributed by atoms with Crippen LogP contribution in [-0.2, 0) is 6.54 Å². The van der Waals surface area contributed by atoms with E-state index in [2.05, 4.69) is 79.1 Å². The van der Waals surface area contributed by atoms with Gasteiger partial charge in [-0.2, -0.15) is 4.57 Å². The summed E-state index contributed by atoms with van der Waals surface area (Å²) in [7, 11) is 5.03. The van der Waals surface area contributed by atoms with Crippen molar-refractivity contribution in [3.05, 3.63) is 82.7 Å². The molecule has 0 radical (unpaired) electrons. The van der Waals surface area contributed by atoms with Crippen LogP contribution in [0, 0.1) is 6.92 Å². The van der Waals surface area contributed by atoms with E-state index in [0.29, 0.717) is 0 Å². The van der Waals surface area contributed by atoms with Crippen molar-refractivity contribution in [3.8, 4) is 17.2 Å². The summed E-state index contributed by atoms with van der Waals surface area (Å²) in [5.41, 5.74) is 5.46. The molecule has 0 aliphatic carbocycles. The Bertz CT molecular complexity index is 1100. The van der Waals surface area contributed by atoms with Crippen LogP contribution in [0.3, 0.4) is 0 Å². The first-order valence-corrected chi connectivity index (χ1v) is 10.3. The van der Waals surface area contributed by atoms with Gasteiger partial charge in [0.1, 0.15) is 23.8 Å². The first kappa shape index (κ1) is 22.2. The Morgan fingerprint density at radius 1 is 0.710 bits per heavy atom. The maximum absolute atomic E-state index is 5.53. The van der Waals surface area contributed by atoms with Crippen molar-refractivity contribution in [3.63, 3.8) is 0 Å². The fourth-order valence-corrected chi connectivity index (χ4v) is 3.49. The second kappa shape index (κ2) is 10.5. The number of ether oxygens (including phenoxy) is 3. The molecule has 3 aromatic rings. The number of aromatic nitrogens is 1. The van der Waals surface area contributed by atoms with Crippen molar-refractivity contribution >= 4 is 24.3 Å². The highest BCUT2D eigenvalue weighted by Gasteiger charge is 2.11. The number of aryl methyl sites for hydroxylation is 1. The molecule has 3 rings (SSSR count). The minimum absolute atomic E-state index is 0.774. The lowest BCUT2D eigenvalue weighted by atomic mass is 10.1. The van der Waals surface area contributed by atoms with Crippen molar-refractivity contribution in [2.45, 2.75) is 20.4 Å². The lowest BCUT2D eigenvalue weighted by Gasteiger charge is -2.07. The van der Waals surface area contributed by atoms with Crippen LogP contribution >= 0.6 is 0 Å². The molecule has 2 aromatic carbocycles. The Morgan fingerprint density at radius 3 is 1.84 bits per heavy atom. The Labute approximate surface area is 185 Å². The lowest BCUT2D eigenvalue weighted by Crippen LogP contribution is -2.38. The fourth-order valence-electron chi connectivity index (χ4n) is 3.49. The van der Waals surface area contributed by atoms with E-state index in [1.54, 1.807) is 21.3 Å². The molecule has 0 spiro atoms. The smallest absolute Gasteiger partial charge is 0.205 e. The number of methoxy groups -OCH3 is 3. The SMILES string of the molecule is CC[n+]1c(/C=C/c2ccc(C)cc2OC)cccc1/C=C/c1ccc(OC)cc1OC. The predicted molar refractivity (Wildman–Crippen MR) is 127 cm³/mol. The largest absolute Gasteiger partial charge is 0.497 e. The molecule has 31 heavy (non-hydrogen) atoms. The molecule has 0 bridgehead atoms. The third-order valence-electron chi connectivity index (χ3n) is 5.17. The third-order valence-corrected chi connectivity index (χ3v) is 5.17. The maximum atomic E-state index is 5.53. The number of hydrogen-bond donors (Lipinski definition) is 0. The summed E-state index contributed by atoms with van der Waals surface area (Å²) in [5, 5.41) is 0. The molecule has 4 heteroatoms. The molecule has 1 heterocycles. The summed E-state index contributed by atoms with van der Waals surface area (Å²) in [6.45, 7) is 5.06. The zero-order valence-electron chi connectivity index (χ0n) is 18.9. The van der Waals surface area contributed by atoms with E-state index < -0.39 is 0 Å². The molecule has 0 N–H and O–H groups in total. The van der Waals surface area contributed by atoms with Crippen LogP contribution in [-0.4, -0.2) is 21.3 Å². The van der Waals surface area contributed by atoms with E-state index in [4.69, 9.17) is 14.2 Å². The molecule has 0 aliphatic heterocycles. The van der Waals surface area contributed by atoms with Crippen LogP contribution in [0.1, 0.15) is 35.0 Å².